The van der Waals surface area contributed by atoms with Crippen LogP contribution in [0.5, 0.6) is 0 Å². The second-order valence-corrected chi connectivity index (χ2v) is 4.97. The molecule has 0 aliphatic carbocycles. The van der Waals surface area contributed by atoms with Crippen molar-refractivity contribution in [3.63, 3.8) is 0 Å². The summed E-state index contributed by atoms with van der Waals surface area (Å²) in [6.07, 6.45) is 0. The average Bonchev–Trinajstić information content (AvgIpc) is 2.33. The lowest BCUT2D eigenvalue weighted by Gasteiger charge is -2.33. The zero-order valence-electron chi connectivity index (χ0n) is 11.1. The van der Waals surface area contributed by atoms with Gasteiger partial charge in [-0.05, 0) is 38.1 Å². The fourth-order valence-electron chi connectivity index (χ4n) is 2.26. The number of anilines is 1. The Balaban J connectivity index is 1.95. The lowest BCUT2D eigenvalue weighted by molar-refractivity contribution is 0.209. The van der Waals surface area contributed by atoms with E-state index in [1.165, 1.54) is 16.8 Å². The van der Waals surface area contributed by atoms with Gasteiger partial charge in [-0.1, -0.05) is 12.1 Å². The summed E-state index contributed by atoms with van der Waals surface area (Å²) in [4.78, 5) is 2.43. The van der Waals surface area contributed by atoms with E-state index in [-0.39, 0.29) is 0 Å². The van der Waals surface area contributed by atoms with Gasteiger partial charge in [0.05, 0.1) is 0 Å². The maximum absolute atomic E-state index is 3.57. The normalized spacial score (nSPS) is 21.5. The second-order valence-electron chi connectivity index (χ2n) is 4.97. The first-order valence-corrected chi connectivity index (χ1v) is 6.39. The van der Waals surface area contributed by atoms with Crippen LogP contribution >= 0.6 is 0 Å². The van der Waals surface area contributed by atoms with Gasteiger partial charge < -0.3 is 10.6 Å². The highest BCUT2D eigenvalue weighted by Crippen LogP contribution is 2.18. The minimum Gasteiger partial charge on any atom is -0.383 e. The van der Waals surface area contributed by atoms with Gasteiger partial charge in [-0.3, -0.25) is 4.90 Å². The van der Waals surface area contributed by atoms with E-state index in [4.69, 9.17) is 0 Å². The molecule has 2 rings (SSSR count). The first kappa shape index (κ1) is 12.4. The Hall–Kier alpha value is -1.06. The van der Waals surface area contributed by atoms with Crippen molar-refractivity contribution in [2.24, 2.45) is 0 Å². The third kappa shape index (κ3) is 2.99. The van der Waals surface area contributed by atoms with Crippen molar-refractivity contribution in [3.05, 3.63) is 29.3 Å². The summed E-state index contributed by atoms with van der Waals surface area (Å²) >= 11 is 0. The molecule has 3 heteroatoms. The molecule has 1 aliphatic heterocycles. The summed E-state index contributed by atoms with van der Waals surface area (Å²) in [5, 5.41) is 7.02. The first-order valence-electron chi connectivity index (χ1n) is 6.39. The topological polar surface area (TPSA) is 27.3 Å². The Morgan fingerprint density at radius 2 is 2.24 bits per heavy atom. The molecular weight excluding hydrogens is 210 g/mol. The van der Waals surface area contributed by atoms with Crippen molar-refractivity contribution in [1.82, 2.24) is 10.2 Å². The number of hydrogen-bond acceptors (Lipinski definition) is 3. The van der Waals surface area contributed by atoms with Gasteiger partial charge in [-0.2, -0.15) is 0 Å². The number of rotatable bonds is 3. The van der Waals surface area contributed by atoms with Crippen molar-refractivity contribution in [1.29, 1.82) is 0 Å². The standard InChI is InChI=1S/C14H23N3/c1-11-5-4-6-14(12(11)2)16-10-13-9-15-7-8-17(13)3/h4-6,13,15-16H,7-10H2,1-3H3. The Morgan fingerprint density at radius 3 is 3.00 bits per heavy atom. The zero-order valence-corrected chi connectivity index (χ0v) is 11.1. The molecule has 1 aliphatic rings. The van der Waals surface area contributed by atoms with E-state index < -0.39 is 0 Å². The highest BCUT2D eigenvalue weighted by molar-refractivity contribution is 5.53. The van der Waals surface area contributed by atoms with E-state index in [9.17, 15) is 0 Å². The molecule has 0 radical (unpaired) electrons. The molecular formula is C14H23N3. The van der Waals surface area contributed by atoms with E-state index in [0.29, 0.717) is 6.04 Å². The summed E-state index contributed by atoms with van der Waals surface area (Å²) in [5.74, 6) is 0. The van der Waals surface area contributed by atoms with Gasteiger partial charge in [0, 0.05) is 37.9 Å². The molecule has 0 bridgehead atoms. The minimum atomic E-state index is 0.587. The second kappa shape index (κ2) is 5.52. The van der Waals surface area contributed by atoms with Crippen molar-refractivity contribution < 1.29 is 0 Å². The number of aryl methyl sites for hydroxylation is 1. The lowest BCUT2D eigenvalue weighted by atomic mass is 10.1. The first-order chi connectivity index (χ1) is 8.18. The molecule has 1 aromatic rings. The molecule has 2 N–H and O–H groups in total. The third-order valence-electron chi connectivity index (χ3n) is 3.78. The van der Waals surface area contributed by atoms with Gasteiger partial charge in [0.2, 0.25) is 0 Å². The Morgan fingerprint density at radius 1 is 1.41 bits per heavy atom. The molecule has 1 atom stereocenters. The number of nitrogens with one attached hydrogen (secondary N) is 2. The Kier molecular flexibility index (Phi) is 4.02. The van der Waals surface area contributed by atoms with Crippen LogP contribution in [-0.4, -0.2) is 44.2 Å². The highest BCUT2D eigenvalue weighted by atomic mass is 15.2. The van der Waals surface area contributed by atoms with Gasteiger partial charge in [0.25, 0.3) is 0 Å². The van der Waals surface area contributed by atoms with Crippen LogP contribution in [0.1, 0.15) is 11.1 Å². The predicted octanol–water partition coefficient (Wildman–Crippen LogP) is 1.62. The van der Waals surface area contributed by atoms with Crippen molar-refractivity contribution >= 4 is 5.69 Å². The van der Waals surface area contributed by atoms with Crippen molar-refractivity contribution in [2.75, 3.05) is 38.5 Å². The molecule has 0 saturated carbocycles. The fourth-order valence-corrected chi connectivity index (χ4v) is 2.26. The molecule has 1 heterocycles. The molecule has 0 amide bonds. The number of benzene rings is 1. The summed E-state index contributed by atoms with van der Waals surface area (Å²) in [6, 6.07) is 7.03. The van der Waals surface area contributed by atoms with Crippen LogP contribution in [0.4, 0.5) is 5.69 Å². The van der Waals surface area contributed by atoms with Gasteiger partial charge in [0.15, 0.2) is 0 Å². The molecule has 1 saturated heterocycles. The van der Waals surface area contributed by atoms with E-state index in [1.807, 2.05) is 0 Å². The summed E-state index contributed by atoms with van der Waals surface area (Å²) in [7, 11) is 2.20. The number of hydrogen-bond donors (Lipinski definition) is 2. The molecule has 0 spiro atoms. The van der Waals surface area contributed by atoms with Crippen LogP contribution in [0, 0.1) is 13.8 Å². The zero-order chi connectivity index (χ0) is 12.3. The van der Waals surface area contributed by atoms with Gasteiger partial charge in [-0.25, -0.2) is 0 Å². The van der Waals surface area contributed by atoms with E-state index in [0.717, 1.165) is 26.2 Å². The van der Waals surface area contributed by atoms with Crippen molar-refractivity contribution in [3.8, 4) is 0 Å². The molecule has 17 heavy (non-hydrogen) atoms. The van der Waals surface area contributed by atoms with Crippen LogP contribution in [0.2, 0.25) is 0 Å². The molecule has 0 aromatic heterocycles. The molecule has 1 fully saturated rings. The van der Waals surface area contributed by atoms with Crippen LogP contribution < -0.4 is 10.6 Å². The van der Waals surface area contributed by atoms with Crippen LogP contribution in [0.15, 0.2) is 18.2 Å². The smallest absolute Gasteiger partial charge is 0.0390 e. The predicted molar refractivity (Wildman–Crippen MR) is 73.7 cm³/mol. The minimum absolute atomic E-state index is 0.587. The van der Waals surface area contributed by atoms with Gasteiger partial charge >= 0.3 is 0 Å². The van der Waals surface area contributed by atoms with Crippen LogP contribution in [-0.2, 0) is 0 Å². The maximum Gasteiger partial charge on any atom is 0.0390 e. The lowest BCUT2D eigenvalue weighted by Crippen LogP contribution is -2.52. The van der Waals surface area contributed by atoms with E-state index >= 15 is 0 Å². The third-order valence-corrected chi connectivity index (χ3v) is 3.78. The van der Waals surface area contributed by atoms with Crippen LogP contribution in [0.3, 0.4) is 0 Å². The molecule has 94 valence electrons. The number of piperazine rings is 1. The van der Waals surface area contributed by atoms with Crippen LogP contribution in [0.25, 0.3) is 0 Å². The fraction of sp³-hybridized carbons (Fsp3) is 0.571. The summed E-state index contributed by atoms with van der Waals surface area (Å²) in [5.41, 5.74) is 3.98. The average molecular weight is 233 g/mol. The number of nitrogens with zero attached hydrogens (tertiary/aromatic N) is 1. The highest BCUT2D eigenvalue weighted by Gasteiger charge is 2.18. The van der Waals surface area contributed by atoms with Crippen molar-refractivity contribution in [2.45, 2.75) is 19.9 Å². The summed E-state index contributed by atoms with van der Waals surface area (Å²) in [6.45, 7) is 8.67. The number of likely N-dealkylation sites (N-methyl/N-ethyl adjacent to an activating group) is 1. The quantitative estimate of drug-likeness (QED) is 0.831. The van der Waals surface area contributed by atoms with Gasteiger partial charge in [-0.15, -0.1) is 0 Å². The maximum atomic E-state index is 3.57. The summed E-state index contributed by atoms with van der Waals surface area (Å²) < 4.78 is 0. The SMILES string of the molecule is Cc1cccc(NCC2CNCCN2C)c1C. The van der Waals surface area contributed by atoms with E-state index in [1.54, 1.807) is 0 Å². The largest absolute Gasteiger partial charge is 0.383 e. The molecule has 1 aromatic carbocycles. The van der Waals surface area contributed by atoms with Gasteiger partial charge in [0.1, 0.15) is 0 Å². The Bertz CT molecular complexity index is 376. The molecule has 1 unspecified atom stereocenters. The van der Waals surface area contributed by atoms with E-state index in [2.05, 4.69) is 54.6 Å². The Labute approximate surface area is 104 Å². The molecule has 3 nitrogen and oxygen atoms in total. The monoisotopic (exact) mass is 233 g/mol.